The summed E-state index contributed by atoms with van der Waals surface area (Å²) in [5, 5.41) is 28.2. The lowest BCUT2D eigenvalue weighted by molar-refractivity contribution is -0.255. The van der Waals surface area contributed by atoms with Gasteiger partial charge in [-0.3, -0.25) is 4.79 Å². The van der Waals surface area contributed by atoms with Gasteiger partial charge in [-0.1, -0.05) is 34.1 Å². The fourth-order valence-corrected chi connectivity index (χ4v) is 6.27. The molecule has 4 N–H and O–H groups in total. The molecule has 2 heterocycles. The van der Waals surface area contributed by atoms with E-state index in [1.165, 1.54) is 0 Å². The van der Waals surface area contributed by atoms with Crippen LogP contribution in [0.3, 0.4) is 0 Å². The molecule has 10 atom stereocenters. The first-order valence-corrected chi connectivity index (χ1v) is 15.9. The van der Waals surface area contributed by atoms with Crippen molar-refractivity contribution in [2.75, 3.05) is 26.7 Å². The third kappa shape index (κ3) is 9.83. The van der Waals surface area contributed by atoms with Crippen LogP contribution in [0.5, 0.6) is 0 Å². The van der Waals surface area contributed by atoms with E-state index in [4.69, 9.17) is 23.7 Å². The van der Waals surface area contributed by atoms with Crippen molar-refractivity contribution < 1.29 is 38.7 Å². The summed E-state index contributed by atoms with van der Waals surface area (Å²) in [6.45, 7) is 18.0. The number of methoxy groups -OCH3 is 1. The number of rotatable bonds is 21. The van der Waals surface area contributed by atoms with E-state index >= 15 is 0 Å². The quantitative estimate of drug-likeness (QED) is 0.0678. The van der Waals surface area contributed by atoms with E-state index in [1.807, 2.05) is 20.8 Å². The number of hydrogen-bond acceptors (Lipinski definition) is 10. The van der Waals surface area contributed by atoms with Crippen molar-refractivity contribution in [2.45, 2.75) is 155 Å². The van der Waals surface area contributed by atoms with E-state index in [2.05, 4.69) is 31.4 Å². The van der Waals surface area contributed by atoms with Gasteiger partial charge in [0.1, 0.15) is 0 Å². The number of ether oxygens (including phenoxy) is 5. The van der Waals surface area contributed by atoms with Gasteiger partial charge in [0.2, 0.25) is 5.79 Å². The van der Waals surface area contributed by atoms with Crippen LogP contribution in [0.15, 0.2) is 0 Å². The summed E-state index contributed by atoms with van der Waals surface area (Å²) in [6.07, 6.45) is 3.01. The summed E-state index contributed by atoms with van der Waals surface area (Å²) < 4.78 is 30.2. The fraction of sp³-hybridized carbons (Fsp3) is 0.968. The number of fused-ring (bicyclic) bond motifs is 1. The van der Waals surface area contributed by atoms with E-state index in [1.54, 1.807) is 21.0 Å². The third-order valence-electron chi connectivity index (χ3n) is 8.75. The van der Waals surface area contributed by atoms with Gasteiger partial charge >= 0.3 is 5.97 Å². The SMILES string of the molecule is CCCNCC12OC1(OC)CC(OC(C(C)C[C@@](C)(O)CCCN[C@H](C)CCC)C(C)C(=O)OC(O)CC)OC2C. The van der Waals surface area contributed by atoms with Crippen molar-refractivity contribution in [3.05, 3.63) is 0 Å². The van der Waals surface area contributed by atoms with Crippen molar-refractivity contribution in [2.24, 2.45) is 11.8 Å². The summed E-state index contributed by atoms with van der Waals surface area (Å²) in [5.41, 5.74) is -1.54. The zero-order valence-electron chi connectivity index (χ0n) is 27.2. The van der Waals surface area contributed by atoms with Crippen LogP contribution in [-0.2, 0) is 28.5 Å². The van der Waals surface area contributed by atoms with Crippen LogP contribution in [0.4, 0.5) is 0 Å². The molecular formula is C31H60N2O8. The highest BCUT2D eigenvalue weighted by Crippen LogP contribution is 2.58. The van der Waals surface area contributed by atoms with Gasteiger partial charge in [-0.15, -0.1) is 0 Å². The van der Waals surface area contributed by atoms with Crippen molar-refractivity contribution in [3.63, 3.8) is 0 Å². The molecule has 8 unspecified atom stereocenters. The van der Waals surface area contributed by atoms with Crippen LogP contribution in [0.2, 0.25) is 0 Å². The van der Waals surface area contributed by atoms with Gasteiger partial charge in [-0.05, 0) is 78.8 Å². The highest BCUT2D eigenvalue weighted by molar-refractivity contribution is 5.72. The summed E-state index contributed by atoms with van der Waals surface area (Å²) >= 11 is 0. The average Bonchev–Trinajstić information content (AvgIpc) is 3.59. The molecule has 0 spiro atoms. The number of epoxide rings is 1. The first-order valence-electron chi connectivity index (χ1n) is 15.9. The van der Waals surface area contributed by atoms with E-state index < -0.39 is 47.6 Å². The van der Waals surface area contributed by atoms with Crippen LogP contribution in [0.25, 0.3) is 0 Å². The van der Waals surface area contributed by atoms with E-state index in [0.717, 1.165) is 38.8 Å². The Balaban J connectivity index is 2.11. The number of aliphatic hydroxyl groups is 2. The normalized spacial score (nSPS) is 30.9. The van der Waals surface area contributed by atoms with Crippen molar-refractivity contribution in [1.29, 1.82) is 0 Å². The molecule has 10 heteroatoms. The minimum Gasteiger partial charge on any atom is -0.436 e. The maximum Gasteiger partial charge on any atom is 0.313 e. The molecule has 0 aromatic rings. The first-order chi connectivity index (χ1) is 19.3. The fourth-order valence-electron chi connectivity index (χ4n) is 6.27. The monoisotopic (exact) mass is 588 g/mol. The van der Waals surface area contributed by atoms with Crippen molar-refractivity contribution >= 4 is 5.97 Å². The van der Waals surface area contributed by atoms with Crippen LogP contribution in [0, 0.1) is 11.8 Å². The second kappa shape index (κ2) is 16.3. The number of carbonyl (C=O) groups excluding carboxylic acids is 1. The first kappa shape index (κ1) is 36.3. The number of hydrogen-bond donors (Lipinski definition) is 4. The van der Waals surface area contributed by atoms with Gasteiger partial charge < -0.3 is 44.5 Å². The van der Waals surface area contributed by atoms with Gasteiger partial charge in [-0.2, -0.15) is 0 Å². The molecule has 0 radical (unpaired) electrons. The minimum absolute atomic E-state index is 0.214. The summed E-state index contributed by atoms with van der Waals surface area (Å²) in [7, 11) is 1.64. The lowest BCUT2D eigenvalue weighted by Crippen LogP contribution is -2.54. The number of esters is 1. The molecule has 41 heavy (non-hydrogen) atoms. The average molecular weight is 589 g/mol. The zero-order chi connectivity index (χ0) is 30.8. The second-order valence-corrected chi connectivity index (χ2v) is 12.7. The van der Waals surface area contributed by atoms with Crippen LogP contribution in [-0.4, -0.2) is 90.7 Å². The Labute approximate surface area is 248 Å². The number of carbonyl (C=O) groups is 1. The lowest BCUT2D eigenvalue weighted by Gasteiger charge is -2.40. The van der Waals surface area contributed by atoms with Gasteiger partial charge in [0.15, 0.2) is 18.2 Å². The zero-order valence-corrected chi connectivity index (χ0v) is 27.2. The van der Waals surface area contributed by atoms with Crippen molar-refractivity contribution in [1.82, 2.24) is 10.6 Å². The summed E-state index contributed by atoms with van der Waals surface area (Å²) in [5.74, 6) is -2.29. The standard InChI is InChI=1S/C31H60N2O8/c1-10-14-22(5)33-17-13-15-29(8,36)18-21(4)27(23(6)28(35)39-25(34)12-3)40-26-19-31(37-9)30(41-31,24(7)38-26)20-32-16-11-2/h21-27,32-34,36H,10-20H2,1-9H3/t21?,22-,23?,24?,25?,26?,27?,29+,30?,31?/m1/s1. The summed E-state index contributed by atoms with van der Waals surface area (Å²) in [6, 6.07) is 0.455. The molecule has 0 bridgehead atoms. The van der Waals surface area contributed by atoms with Crippen LogP contribution in [0.1, 0.15) is 107 Å². The molecule has 2 rings (SSSR count). The molecule has 0 aromatic carbocycles. The molecule has 0 aromatic heterocycles. The highest BCUT2D eigenvalue weighted by Gasteiger charge is 2.77. The molecular weight excluding hydrogens is 528 g/mol. The Morgan fingerprint density at radius 1 is 1.17 bits per heavy atom. The Morgan fingerprint density at radius 3 is 2.49 bits per heavy atom. The summed E-state index contributed by atoms with van der Waals surface area (Å²) in [4.78, 5) is 13.0. The molecule has 2 aliphatic rings. The molecule has 0 saturated carbocycles. The largest absolute Gasteiger partial charge is 0.436 e. The Morgan fingerprint density at radius 2 is 1.88 bits per heavy atom. The Kier molecular flexibility index (Phi) is 14.4. The molecule has 2 aliphatic heterocycles. The van der Waals surface area contributed by atoms with Crippen LogP contribution >= 0.6 is 0 Å². The number of aliphatic hydroxyl groups excluding tert-OH is 1. The second-order valence-electron chi connectivity index (χ2n) is 12.7. The Hall–Kier alpha value is -0.850. The van der Waals surface area contributed by atoms with Gasteiger partial charge in [0.25, 0.3) is 0 Å². The maximum absolute atomic E-state index is 13.0. The third-order valence-corrected chi connectivity index (χ3v) is 8.75. The topological polar surface area (TPSA) is 131 Å². The van der Waals surface area contributed by atoms with E-state index in [0.29, 0.717) is 38.3 Å². The minimum atomic E-state index is -1.18. The van der Waals surface area contributed by atoms with Crippen molar-refractivity contribution in [3.8, 4) is 0 Å². The smallest absolute Gasteiger partial charge is 0.313 e. The van der Waals surface area contributed by atoms with Gasteiger partial charge in [-0.25, -0.2) is 0 Å². The van der Waals surface area contributed by atoms with Gasteiger partial charge in [0, 0.05) is 26.1 Å². The lowest BCUT2D eigenvalue weighted by atomic mass is 9.82. The van der Waals surface area contributed by atoms with E-state index in [9.17, 15) is 15.0 Å². The predicted octanol–water partition coefficient (Wildman–Crippen LogP) is 3.86. The van der Waals surface area contributed by atoms with E-state index in [-0.39, 0.29) is 12.0 Å². The molecule has 0 amide bonds. The molecule has 2 fully saturated rings. The number of nitrogens with one attached hydrogen (secondary N) is 2. The Bertz CT molecular complexity index is 785. The maximum atomic E-state index is 13.0. The highest BCUT2D eigenvalue weighted by atomic mass is 16.8. The van der Waals surface area contributed by atoms with Gasteiger partial charge in [0.05, 0.1) is 30.1 Å². The predicted molar refractivity (Wildman–Crippen MR) is 158 cm³/mol. The molecule has 242 valence electrons. The molecule has 0 aliphatic carbocycles. The van der Waals surface area contributed by atoms with Crippen LogP contribution < -0.4 is 10.6 Å². The molecule has 10 nitrogen and oxygen atoms in total. The molecule has 2 saturated heterocycles.